The number of nitrogens with one attached hydrogen (secondary N) is 2. The lowest BCUT2D eigenvalue weighted by atomic mass is 10.0. The zero-order chi connectivity index (χ0) is 22.2. The van der Waals surface area contributed by atoms with Gasteiger partial charge in [0.2, 0.25) is 11.8 Å². The van der Waals surface area contributed by atoms with Crippen molar-refractivity contribution in [1.29, 1.82) is 0 Å². The summed E-state index contributed by atoms with van der Waals surface area (Å²) in [7, 11) is 0. The van der Waals surface area contributed by atoms with Gasteiger partial charge in [0.25, 0.3) is 11.8 Å². The number of nitrogens with zero attached hydrogens (tertiary/aromatic N) is 2. The van der Waals surface area contributed by atoms with Gasteiger partial charge in [0.1, 0.15) is 6.04 Å². The highest BCUT2D eigenvalue weighted by Gasteiger charge is 2.33. The molecule has 2 heterocycles. The molecule has 2 saturated heterocycles. The summed E-state index contributed by atoms with van der Waals surface area (Å²) in [5, 5.41) is 5.05. The fourth-order valence-corrected chi connectivity index (χ4v) is 3.81. The van der Waals surface area contributed by atoms with Crippen LogP contribution in [-0.2, 0) is 20.9 Å². The van der Waals surface area contributed by atoms with E-state index < -0.39 is 11.9 Å². The van der Waals surface area contributed by atoms with E-state index in [0.717, 1.165) is 18.7 Å². The van der Waals surface area contributed by atoms with Gasteiger partial charge in [-0.05, 0) is 62.9 Å². The first kappa shape index (κ1) is 22.5. The van der Waals surface area contributed by atoms with Gasteiger partial charge in [-0.1, -0.05) is 18.1 Å². The van der Waals surface area contributed by atoms with Crippen LogP contribution in [0, 0.1) is 11.8 Å². The van der Waals surface area contributed by atoms with E-state index in [1.807, 2.05) is 0 Å². The third-order valence-corrected chi connectivity index (χ3v) is 5.55. The summed E-state index contributed by atoms with van der Waals surface area (Å²) < 4.78 is 0. The summed E-state index contributed by atoms with van der Waals surface area (Å²) in [6.45, 7) is 5.18. The number of benzene rings is 1. The van der Waals surface area contributed by atoms with Crippen molar-refractivity contribution in [2.45, 2.75) is 45.2 Å². The molecule has 2 aliphatic rings. The molecule has 2 aliphatic heterocycles. The smallest absolute Gasteiger partial charge is 0.296 e. The molecule has 31 heavy (non-hydrogen) atoms. The molecule has 0 saturated carbocycles. The van der Waals surface area contributed by atoms with Crippen LogP contribution < -0.4 is 10.6 Å². The van der Waals surface area contributed by atoms with Crippen molar-refractivity contribution in [1.82, 2.24) is 20.4 Å². The molecule has 8 nitrogen and oxygen atoms in total. The molecule has 0 spiro atoms. The van der Waals surface area contributed by atoms with Crippen LogP contribution in [0.3, 0.4) is 0 Å². The van der Waals surface area contributed by atoms with Crippen molar-refractivity contribution in [3.63, 3.8) is 0 Å². The maximum absolute atomic E-state index is 12.9. The minimum atomic E-state index is -0.645. The quantitative estimate of drug-likeness (QED) is 0.517. The average Bonchev–Trinajstić information content (AvgIpc) is 3.28. The molecular weight excluding hydrogens is 396 g/mol. The molecule has 8 heteroatoms. The fourth-order valence-electron chi connectivity index (χ4n) is 3.81. The first-order valence-electron chi connectivity index (χ1n) is 10.7. The molecule has 164 valence electrons. The second kappa shape index (κ2) is 10.7. The predicted octanol–water partition coefficient (Wildman–Crippen LogP) is 0.669. The number of amides is 4. The van der Waals surface area contributed by atoms with Crippen molar-refractivity contribution in [2.75, 3.05) is 26.2 Å². The van der Waals surface area contributed by atoms with Crippen LogP contribution in [-0.4, -0.2) is 65.6 Å². The van der Waals surface area contributed by atoms with Gasteiger partial charge < -0.3 is 10.2 Å². The highest BCUT2D eigenvalue weighted by atomic mass is 16.2. The molecular formula is C23H28N4O4. The first-order valence-corrected chi connectivity index (χ1v) is 10.7. The number of hydrogen-bond donors (Lipinski definition) is 2. The lowest BCUT2D eigenvalue weighted by molar-refractivity contribution is -0.136. The maximum atomic E-state index is 12.9. The Morgan fingerprint density at radius 3 is 2.55 bits per heavy atom. The molecule has 2 fully saturated rings. The van der Waals surface area contributed by atoms with Crippen LogP contribution in [0.2, 0.25) is 0 Å². The number of rotatable bonds is 6. The van der Waals surface area contributed by atoms with Crippen molar-refractivity contribution >= 4 is 23.6 Å². The standard InChI is InChI=1S/C23H28N4O4/c1-2-27(19-11-12-21(29)25-22(19)30)23(31)18-9-7-17(8-10-18)16-24-20(28)6-5-15-26-13-3-4-14-26/h7-10,19H,2-4,11-16H2,1H3,(H,24,28)(H,25,29,30). The fraction of sp³-hybridized carbons (Fsp3) is 0.478. The summed E-state index contributed by atoms with van der Waals surface area (Å²) in [6, 6.07) is 6.25. The second-order valence-corrected chi connectivity index (χ2v) is 7.72. The molecule has 1 unspecified atom stereocenters. The monoisotopic (exact) mass is 424 g/mol. The minimum absolute atomic E-state index is 0.222. The molecule has 2 N–H and O–H groups in total. The van der Waals surface area contributed by atoms with Gasteiger partial charge in [0.15, 0.2) is 0 Å². The van der Waals surface area contributed by atoms with Gasteiger partial charge in [-0.15, -0.1) is 0 Å². The van der Waals surface area contributed by atoms with Crippen molar-refractivity contribution in [2.24, 2.45) is 0 Å². The molecule has 1 atom stereocenters. The van der Waals surface area contributed by atoms with E-state index in [2.05, 4.69) is 27.4 Å². The SMILES string of the molecule is CCN(C(=O)c1ccc(CNC(=O)C#CCN2CCCC2)cc1)C1CCC(=O)NC1=O. The van der Waals surface area contributed by atoms with E-state index in [1.165, 1.54) is 17.7 Å². The largest absolute Gasteiger partial charge is 0.341 e. The molecule has 0 aliphatic carbocycles. The minimum Gasteiger partial charge on any atom is -0.341 e. The van der Waals surface area contributed by atoms with Crippen molar-refractivity contribution in [3.8, 4) is 11.8 Å². The number of piperidine rings is 1. The summed E-state index contributed by atoms with van der Waals surface area (Å²) in [6.07, 6.45) is 2.93. The van der Waals surface area contributed by atoms with Crippen LogP contribution >= 0.6 is 0 Å². The maximum Gasteiger partial charge on any atom is 0.296 e. The van der Waals surface area contributed by atoms with Crippen LogP contribution in [0.15, 0.2) is 24.3 Å². The highest BCUT2D eigenvalue weighted by Crippen LogP contribution is 2.16. The zero-order valence-electron chi connectivity index (χ0n) is 17.8. The van der Waals surface area contributed by atoms with Gasteiger partial charge in [-0.3, -0.25) is 29.4 Å². The van der Waals surface area contributed by atoms with Gasteiger partial charge in [0, 0.05) is 25.1 Å². The molecule has 1 aromatic rings. The summed E-state index contributed by atoms with van der Waals surface area (Å²) in [5.41, 5.74) is 1.29. The number of likely N-dealkylation sites (tertiary alicyclic amines) is 1. The average molecular weight is 425 g/mol. The van der Waals surface area contributed by atoms with E-state index in [4.69, 9.17) is 0 Å². The molecule has 0 bridgehead atoms. The van der Waals surface area contributed by atoms with Crippen molar-refractivity contribution < 1.29 is 19.2 Å². The first-order chi connectivity index (χ1) is 15.0. The third-order valence-electron chi connectivity index (χ3n) is 5.55. The highest BCUT2D eigenvalue weighted by molar-refractivity contribution is 6.03. The number of likely N-dealkylation sites (N-methyl/N-ethyl adjacent to an activating group) is 1. The Bertz CT molecular complexity index is 894. The molecule has 1 aromatic carbocycles. The molecule has 4 amide bonds. The van der Waals surface area contributed by atoms with Crippen LogP contribution in [0.4, 0.5) is 0 Å². The second-order valence-electron chi connectivity index (χ2n) is 7.72. The Kier molecular flexibility index (Phi) is 7.79. The molecule has 3 rings (SSSR count). The van der Waals surface area contributed by atoms with E-state index in [-0.39, 0.29) is 24.1 Å². The van der Waals surface area contributed by atoms with Crippen LogP contribution in [0.1, 0.15) is 48.5 Å². The Balaban J connectivity index is 1.52. The number of carbonyl (C=O) groups is 4. The molecule has 0 radical (unpaired) electrons. The summed E-state index contributed by atoms with van der Waals surface area (Å²) in [5.74, 6) is 4.18. The summed E-state index contributed by atoms with van der Waals surface area (Å²) >= 11 is 0. The Morgan fingerprint density at radius 1 is 1.19 bits per heavy atom. The van der Waals surface area contributed by atoms with Crippen LogP contribution in [0.25, 0.3) is 0 Å². The lowest BCUT2D eigenvalue weighted by Crippen LogP contribution is -2.54. The van der Waals surface area contributed by atoms with Gasteiger partial charge in [0.05, 0.1) is 6.54 Å². The van der Waals surface area contributed by atoms with Gasteiger partial charge in [-0.2, -0.15) is 0 Å². The molecule has 0 aromatic heterocycles. The number of hydrogen-bond acceptors (Lipinski definition) is 5. The van der Waals surface area contributed by atoms with E-state index in [9.17, 15) is 19.2 Å². The van der Waals surface area contributed by atoms with Gasteiger partial charge in [-0.25, -0.2) is 0 Å². The van der Waals surface area contributed by atoms with E-state index in [1.54, 1.807) is 31.2 Å². The Labute approximate surface area is 182 Å². The van der Waals surface area contributed by atoms with Crippen molar-refractivity contribution in [3.05, 3.63) is 35.4 Å². The topological polar surface area (TPSA) is 98.8 Å². The Morgan fingerprint density at radius 2 is 1.90 bits per heavy atom. The van der Waals surface area contributed by atoms with Crippen LogP contribution in [0.5, 0.6) is 0 Å². The normalized spacial score (nSPS) is 18.7. The lowest BCUT2D eigenvalue weighted by Gasteiger charge is -2.32. The van der Waals surface area contributed by atoms with Gasteiger partial charge >= 0.3 is 0 Å². The predicted molar refractivity (Wildman–Crippen MR) is 115 cm³/mol. The number of carbonyl (C=O) groups excluding carboxylic acids is 4. The van der Waals surface area contributed by atoms with E-state index >= 15 is 0 Å². The summed E-state index contributed by atoms with van der Waals surface area (Å²) in [4.78, 5) is 52.0. The zero-order valence-corrected chi connectivity index (χ0v) is 17.8. The van der Waals surface area contributed by atoms with E-state index in [0.29, 0.717) is 31.6 Å². The number of imide groups is 1. The third kappa shape index (κ3) is 6.15. The Hall–Kier alpha value is -3.18.